The molecule has 0 spiro atoms. The van der Waals surface area contributed by atoms with Crippen LogP contribution in [-0.4, -0.2) is 9.13 Å². The topological polar surface area (TPSA) is 51.1 Å². The number of nitrogens with zero attached hydrogens (tertiary/aromatic N) is 4. The van der Waals surface area contributed by atoms with Gasteiger partial charge in [0.2, 0.25) is 0 Å². The predicted octanol–water partition coefficient (Wildman–Crippen LogP) is 11.9. The van der Waals surface area contributed by atoms with Crippen LogP contribution in [0.25, 0.3) is 92.9 Å². The number of nitriles is 1. The van der Waals surface area contributed by atoms with Crippen molar-refractivity contribution >= 4 is 71.2 Å². The maximum absolute atomic E-state index is 10.5. The fourth-order valence-corrected chi connectivity index (χ4v) is 7.71. The first-order valence-corrected chi connectivity index (χ1v) is 16.1. The highest BCUT2D eigenvalue weighted by Crippen LogP contribution is 2.44. The number of hydrogen-bond acceptors (Lipinski definition) is 2. The Balaban J connectivity index is 1.31. The Labute approximate surface area is 280 Å². The van der Waals surface area contributed by atoms with Gasteiger partial charge in [-0.1, -0.05) is 78.9 Å². The standard InChI is InChI=1S/C44H24N4O/c1-46-29-19-22-39-36(25-29)32-13-5-7-16-37(32)48(39)43-28(26-45)10-9-15-31(43)27-18-21-38-35(24-27)33-20-23-41-42(34-14-6-8-17-40(34)49-41)44(33)47(38)30-11-3-2-4-12-30/h2-25H. The van der Waals surface area contributed by atoms with Crippen molar-refractivity contribution in [1.82, 2.24) is 9.13 Å². The first-order valence-electron chi connectivity index (χ1n) is 16.1. The van der Waals surface area contributed by atoms with E-state index < -0.39 is 0 Å². The minimum Gasteiger partial charge on any atom is -0.456 e. The molecule has 0 aliphatic carbocycles. The summed E-state index contributed by atoms with van der Waals surface area (Å²) in [6.07, 6.45) is 0. The molecule has 0 atom stereocenters. The van der Waals surface area contributed by atoms with Crippen molar-refractivity contribution in [2.75, 3.05) is 0 Å². The largest absolute Gasteiger partial charge is 0.456 e. The third kappa shape index (κ3) is 3.79. The summed E-state index contributed by atoms with van der Waals surface area (Å²) in [6.45, 7) is 7.63. The summed E-state index contributed by atoms with van der Waals surface area (Å²) in [6, 6.07) is 52.0. The lowest BCUT2D eigenvalue weighted by Gasteiger charge is -2.16. The van der Waals surface area contributed by atoms with Crippen molar-refractivity contribution in [2.24, 2.45) is 0 Å². The summed E-state index contributed by atoms with van der Waals surface area (Å²) in [4.78, 5) is 3.70. The van der Waals surface area contributed by atoms with Crippen LogP contribution in [0.5, 0.6) is 0 Å². The van der Waals surface area contributed by atoms with Crippen LogP contribution in [0.1, 0.15) is 5.56 Å². The van der Waals surface area contributed by atoms with E-state index >= 15 is 0 Å². The molecule has 0 radical (unpaired) electrons. The van der Waals surface area contributed by atoms with Gasteiger partial charge in [-0.15, -0.1) is 0 Å². The third-order valence-electron chi connectivity index (χ3n) is 9.76. The Morgan fingerprint density at radius 2 is 1.31 bits per heavy atom. The molecule has 5 nitrogen and oxygen atoms in total. The molecule has 0 amide bonds. The van der Waals surface area contributed by atoms with E-state index in [0.717, 1.165) is 88.1 Å². The molecule has 0 aliphatic rings. The number of furan rings is 1. The summed E-state index contributed by atoms with van der Waals surface area (Å²) in [7, 11) is 0. The van der Waals surface area contributed by atoms with E-state index in [4.69, 9.17) is 11.0 Å². The fourth-order valence-electron chi connectivity index (χ4n) is 7.71. The second-order valence-electron chi connectivity index (χ2n) is 12.3. The molecular weight excluding hydrogens is 601 g/mol. The molecule has 0 aliphatic heterocycles. The molecule has 0 bridgehead atoms. The van der Waals surface area contributed by atoms with Crippen molar-refractivity contribution in [3.05, 3.63) is 163 Å². The molecule has 10 rings (SSSR count). The predicted molar refractivity (Wildman–Crippen MR) is 199 cm³/mol. The van der Waals surface area contributed by atoms with Gasteiger partial charge < -0.3 is 13.6 Å². The van der Waals surface area contributed by atoms with E-state index in [1.54, 1.807) is 0 Å². The smallest absolute Gasteiger partial charge is 0.188 e. The zero-order chi connectivity index (χ0) is 32.6. The average molecular weight is 625 g/mol. The third-order valence-corrected chi connectivity index (χ3v) is 9.76. The van der Waals surface area contributed by atoms with Gasteiger partial charge in [0, 0.05) is 32.8 Å². The van der Waals surface area contributed by atoms with Crippen LogP contribution in [0.4, 0.5) is 5.69 Å². The van der Waals surface area contributed by atoms with Gasteiger partial charge in [-0.2, -0.15) is 5.26 Å². The van der Waals surface area contributed by atoms with Crippen molar-refractivity contribution in [3.8, 4) is 28.6 Å². The van der Waals surface area contributed by atoms with Crippen molar-refractivity contribution in [2.45, 2.75) is 0 Å². The van der Waals surface area contributed by atoms with E-state index in [0.29, 0.717) is 11.3 Å². The number of hydrogen-bond donors (Lipinski definition) is 0. The van der Waals surface area contributed by atoms with Crippen molar-refractivity contribution in [3.63, 3.8) is 0 Å². The SMILES string of the molecule is [C-]#[N+]c1ccc2c(c1)c1ccccc1n2-c1c(C#N)cccc1-c1ccc2c(c1)c1ccc3oc4ccccc4c3c1n2-c1ccccc1. The van der Waals surface area contributed by atoms with Crippen molar-refractivity contribution in [1.29, 1.82) is 5.26 Å². The summed E-state index contributed by atoms with van der Waals surface area (Å²) in [5.41, 5.74) is 10.9. The molecule has 0 fully saturated rings. The summed E-state index contributed by atoms with van der Waals surface area (Å²) in [5, 5.41) is 16.9. The number of benzene rings is 7. The minimum atomic E-state index is 0.577. The molecule has 5 heteroatoms. The van der Waals surface area contributed by atoms with Gasteiger partial charge in [-0.05, 0) is 77.7 Å². The van der Waals surface area contributed by atoms with E-state index in [1.165, 1.54) is 0 Å². The van der Waals surface area contributed by atoms with Crippen LogP contribution in [0.15, 0.2) is 150 Å². The maximum atomic E-state index is 10.5. The van der Waals surface area contributed by atoms with Crippen molar-refractivity contribution < 1.29 is 4.42 Å². The van der Waals surface area contributed by atoms with E-state index in [1.807, 2.05) is 60.7 Å². The lowest BCUT2D eigenvalue weighted by atomic mass is 9.98. The number of rotatable bonds is 3. The zero-order valence-corrected chi connectivity index (χ0v) is 26.1. The Bertz CT molecular complexity index is 3070. The second-order valence-corrected chi connectivity index (χ2v) is 12.3. The summed E-state index contributed by atoms with van der Waals surface area (Å²) < 4.78 is 10.9. The molecule has 3 heterocycles. The maximum Gasteiger partial charge on any atom is 0.188 e. The Morgan fingerprint density at radius 3 is 2.16 bits per heavy atom. The van der Waals surface area contributed by atoms with E-state index in [-0.39, 0.29) is 0 Å². The second kappa shape index (κ2) is 10.2. The lowest BCUT2D eigenvalue weighted by molar-refractivity contribution is 0.669. The van der Waals surface area contributed by atoms with Gasteiger partial charge in [0.1, 0.15) is 17.2 Å². The van der Waals surface area contributed by atoms with Crippen LogP contribution in [0.2, 0.25) is 0 Å². The summed E-state index contributed by atoms with van der Waals surface area (Å²) >= 11 is 0. The van der Waals surface area contributed by atoms with Gasteiger partial charge in [-0.3, -0.25) is 0 Å². The Hall–Kier alpha value is -7.08. The molecule has 7 aromatic carbocycles. The monoisotopic (exact) mass is 624 g/mol. The van der Waals surface area contributed by atoms with Gasteiger partial charge in [0.05, 0.1) is 45.3 Å². The molecule has 10 aromatic rings. The van der Waals surface area contributed by atoms with Gasteiger partial charge in [-0.25, -0.2) is 4.85 Å². The highest BCUT2D eigenvalue weighted by atomic mass is 16.3. The van der Waals surface area contributed by atoms with Crippen LogP contribution < -0.4 is 0 Å². The van der Waals surface area contributed by atoms with E-state index in [2.05, 4.69) is 105 Å². The Kier molecular flexibility index (Phi) is 5.64. The van der Waals surface area contributed by atoms with Gasteiger partial charge in [0.25, 0.3) is 0 Å². The average Bonchev–Trinajstić information content (AvgIpc) is 3.81. The number of aromatic nitrogens is 2. The molecule has 3 aromatic heterocycles. The highest BCUT2D eigenvalue weighted by molar-refractivity contribution is 6.25. The molecule has 0 N–H and O–H groups in total. The molecular formula is C44H24N4O. The van der Waals surface area contributed by atoms with Crippen LogP contribution in [-0.2, 0) is 0 Å². The normalized spacial score (nSPS) is 11.6. The molecule has 226 valence electrons. The van der Waals surface area contributed by atoms with Crippen LogP contribution >= 0.6 is 0 Å². The molecule has 49 heavy (non-hydrogen) atoms. The minimum absolute atomic E-state index is 0.577. The number of fused-ring (bicyclic) bond motifs is 10. The molecule has 0 saturated heterocycles. The lowest BCUT2D eigenvalue weighted by Crippen LogP contribution is -2.01. The van der Waals surface area contributed by atoms with Gasteiger partial charge >= 0.3 is 0 Å². The molecule has 0 unspecified atom stereocenters. The summed E-state index contributed by atoms with van der Waals surface area (Å²) in [5.74, 6) is 0. The Morgan fingerprint density at radius 1 is 0.571 bits per heavy atom. The van der Waals surface area contributed by atoms with E-state index in [9.17, 15) is 5.26 Å². The van der Waals surface area contributed by atoms with Gasteiger partial charge in [0.15, 0.2) is 5.69 Å². The first-order chi connectivity index (χ1) is 24.2. The quantitative estimate of drug-likeness (QED) is 0.184. The fraction of sp³-hybridized carbons (Fsp3) is 0. The highest BCUT2D eigenvalue weighted by Gasteiger charge is 2.22. The first kappa shape index (κ1) is 27.1. The zero-order valence-electron chi connectivity index (χ0n) is 26.1. The van der Waals surface area contributed by atoms with Crippen LogP contribution in [0, 0.1) is 17.9 Å². The number of para-hydroxylation sites is 4. The van der Waals surface area contributed by atoms with Crippen LogP contribution in [0.3, 0.4) is 0 Å². The molecule has 0 saturated carbocycles.